The lowest BCUT2D eigenvalue weighted by atomic mass is 10.0. The maximum absolute atomic E-state index is 11.6. The van der Waals surface area contributed by atoms with Crippen molar-refractivity contribution < 1.29 is 4.79 Å². The van der Waals surface area contributed by atoms with Crippen molar-refractivity contribution in [3.05, 3.63) is 65.0 Å². The highest BCUT2D eigenvalue weighted by molar-refractivity contribution is 7.17. The third kappa shape index (κ3) is 4.95. The monoisotopic (exact) mass is 405 g/mol. The third-order valence-electron chi connectivity index (χ3n) is 5.68. The van der Waals surface area contributed by atoms with Crippen molar-refractivity contribution in [3.63, 3.8) is 0 Å². The molecule has 2 heterocycles. The Bertz CT molecular complexity index is 996. The molecular weight excluding hydrogens is 378 g/mol. The summed E-state index contributed by atoms with van der Waals surface area (Å²) < 4.78 is 1.23. The van der Waals surface area contributed by atoms with Crippen LogP contribution in [-0.4, -0.2) is 48.5 Å². The van der Waals surface area contributed by atoms with Crippen molar-refractivity contribution in [2.75, 3.05) is 38.5 Å². The van der Waals surface area contributed by atoms with Gasteiger partial charge < -0.3 is 10.6 Å². The van der Waals surface area contributed by atoms with Crippen LogP contribution in [0.1, 0.15) is 24.0 Å². The van der Waals surface area contributed by atoms with Crippen LogP contribution in [0.15, 0.2) is 53.9 Å². The van der Waals surface area contributed by atoms with Gasteiger partial charge in [-0.2, -0.15) is 0 Å². The van der Waals surface area contributed by atoms with E-state index in [0.29, 0.717) is 0 Å². The highest BCUT2D eigenvalue weighted by Gasteiger charge is 2.17. The molecule has 4 nitrogen and oxygen atoms in total. The van der Waals surface area contributed by atoms with Crippen LogP contribution in [0.4, 0.5) is 5.69 Å². The molecule has 3 aromatic rings. The van der Waals surface area contributed by atoms with E-state index in [9.17, 15) is 4.79 Å². The molecule has 29 heavy (non-hydrogen) atoms. The molecule has 0 radical (unpaired) electrons. The van der Waals surface area contributed by atoms with Crippen LogP contribution >= 0.6 is 11.3 Å². The molecule has 2 aromatic carbocycles. The van der Waals surface area contributed by atoms with E-state index >= 15 is 0 Å². The van der Waals surface area contributed by atoms with Crippen LogP contribution in [0.3, 0.4) is 0 Å². The standard InChI is InChI=1S/C24H27N3OS/c25-21-9-7-19(8-10-21)16-27-14-12-26(13-15-27)11-3-4-20(17-28)23-18-29-24-6-2-1-5-22(23)24/h1-2,5-10,18H,3-4,11-16,25H2. The second-order valence-electron chi connectivity index (χ2n) is 7.69. The van der Waals surface area contributed by atoms with Crippen LogP contribution in [0.25, 0.3) is 15.7 Å². The zero-order valence-corrected chi connectivity index (χ0v) is 17.5. The lowest BCUT2D eigenvalue weighted by Gasteiger charge is -2.34. The average molecular weight is 406 g/mol. The molecule has 0 saturated carbocycles. The summed E-state index contributed by atoms with van der Waals surface area (Å²) in [7, 11) is 0. The molecule has 4 rings (SSSR count). The Labute approximate surface area is 176 Å². The molecule has 0 atom stereocenters. The number of piperazine rings is 1. The van der Waals surface area contributed by atoms with Gasteiger partial charge in [0.1, 0.15) is 5.94 Å². The third-order valence-corrected chi connectivity index (χ3v) is 6.64. The minimum absolute atomic E-state index is 0.788. The van der Waals surface area contributed by atoms with Crippen molar-refractivity contribution in [2.45, 2.75) is 19.4 Å². The summed E-state index contributed by atoms with van der Waals surface area (Å²) >= 11 is 1.70. The molecule has 150 valence electrons. The predicted molar refractivity (Wildman–Crippen MR) is 123 cm³/mol. The summed E-state index contributed by atoms with van der Waals surface area (Å²) in [5, 5.41) is 3.27. The van der Waals surface area contributed by atoms with E-state index in [-0.39, 0.29) is 0 Å². The number of thiophene rings is 1. The lowest BCUT2D eigenvalue weighted by Crippen LogP contribution is -2.46. The molecule has 0 aliphatic carbocycles. The number of fused-ring (bicyclic) bond motifs is 1. The van der Waals surface area contributed by atoms with Crippen molar-refractivity contribution in [3.8, 4) is 0 Å². The van der Waals surface area contributed by atoms with Gasteiger partial charge in [-0.3, -0.25) is 4.90 Å². The number of anilines is 1. The van der Waals surface area contributed by atoms with Crippen molar-refractivity contribution in [1.82, 2.24) is 9.80 Å². The van der Waals surface area contributed by atoms with Crippen LogP contribution in [0.5, 0.6) is 0 Å². The first-order valence-corrected chi connectivity index (χ1v) is 11.1. The number of carbonyl (C=O) groups excluding carboxylic acids is 1. The SMILES string of the molecule is Nc1ccc(CN2CCN(CCCC(=C=O)c3csc4ccccc34)CC2)cc1. The molecule has 0 amide bonds. The number of rotatable bonds is 7. The van der Waals surface area contributed by atoms with Crippen LogP contribution < -0.4 is 5.73 Å². The number of hydrogen-bond donors (Lipinski definition) is 1. The summed E-state index contributed by atoms with van der Waals surface area (Å²) in [5.41, 5.74) is 9.78. The van der Waals surface area contributed by atoms with Gasteiger partial charge in [-0.1, -0.05) is 30.3 Å². The molecule has 1 aliphatic rings. The van der Waals surface area contributed by atoms with Gasteiger partial charge in [-0.25, -0.2) is 4.79 Å². The fourth-order valence-electron chi connectivity index (χ4n) is 3.98. The van der Waals surface area contributed by atoms with Crippen LogP contribution in [-0.2, 0) is 11.3 Å². The summed E-state index contributed by atoms with van der Waals surface area (Å²) in [6.07, 6.45) is 1.78. The van der Waals surface area contributed by atoms with Gasteiger partial charge in [0.2, 0.25) is 0 Å². The number of nitrogens with two attached hydrogens (primary N) is 1. The van der Waals surface area contributed by atoms with E-state index < -0.39 is 0 Å². The molecular formula is C24H27N3OS. The highest BCUT2D eigenvalue weighted by atomic mass is 32.1. The molecule has 1 aliphatic heterocycles. The molecule has 0 spiro atoms. The quantitative estimate of drug-likeness (QED) is 0.470. The smallest absolute Gasteiger partial charge is 0.128 e. The molecule has 1 saturated heterocycles. The molecule has 1 fully saturated rings. The lowest BCUT2D eigenvalue weighted by molar-refractivity contribution is 0.126. The second kappa shape index (κ2) is 9.38. The largest absolute Gasteiger partial charge is 0.399 e. The fourth-order valence-corrected chi connectivity index (χ4v) is 4.96. The first kappa shape index (κ1) is 19.9. The normalized spacial score (nSPS) is 15.4. The number of benzene rings is 2. The number of hydrogen-bond acceptors (Lipinski definition) is 5. The van der Waals surface area contributed by atoms with Crippen molar-refractivity contribution >= 4 is 38.6 Å². The topological polar surface area (TPSA) is 49.6 Å². The summed E-state index contributed by atoms with van der Waals surface area (Å²) in [5.74, 6) is 2.21. The van der Waals surface area contributed by atoms with Crippen LogP contribution in [0.2, 0.25) is 0 Å². The van der Waals surface area contributed by atoms with E-state index in [1.165, 1.54) is 15.6 Å². The van der Waals surface area contributed by atoms with Gasteiger partial charge >= 0.3 is 0 Å². The predicted octanol–water partition coefficient (Wildman–Crippen LogP) is 4.30. The number of allylic oxidation sites excluding steroid dienone is 1. The van der Waals surface area contributed by atoms with E-state index in [1.54, 1.807) is 11.3 Å². The Morgan fingerprint density at radius 1 is 1.00 bits per heavy atom. The Hall–Kier alpha value is -2.43. The summed E-state index contributed by atoms with van der Waals surface area (Å²) in [6.45, 7) is 6.33. The van der Waals surface area contributed by atoms with Gasteiger partial charge in [-0.15, -0.1) is 11.3 Å². The first-order chi connectivity index (χ1) is 14.2. The van der Waals surface area contributed by atoms with Crippen molar-refractivity contribution in [1.29, 1.82) is 0 Å². The zero-order chi connectivity index (χ0) is 20.1. The van der Waals surface area contributed by atoms with E-state index in [2.05, 4.69) is 45.4 Å². The Balaban J connectivity index is 1.24. The van der Waals surface area contributed by atoms with Gasteiger partial charge in [0.15, 0.2) is 0 Å². The second-order valence-corrected chi connectivity index (χ2v) is 8.60. The molecule has 2 N–H and O–H groups in total. The van der Waals surface area contributed by atoms with E-state index in [1.807, 2.05) is 24.3 Å². The molecule has 5 heteroatoms. The maximum Gasteiger partial charge on any atom is 0.128 e. The van der Waals surface area contributed by atoms with E-state index in [0.717, 1.165) is 68.9 Å². The van der Waals surface area contributed by atoms with Gasteiger partial charge in [0, 0.05) is 65.0 Å². The molecule has 0 bridgehead atoms. The van der Waals surface area contributed by atoms with Crippen molar-refractivity contribution in [2.24, 2.45) is 0 Å². The van der Waals surface area contributed by atoms with Gasteiger partial charge in [0.25, 0.3) is 0 Å². The summed E-state index contributed by atoms with van der Waals surface area (Å²) in [6, 6.07) is 16.5. The van der Waals surface area contributed by atoms with Crippen LogP contribution in [0, 0.1) is 0 Å². The highest BCUT2D eigenvalue weighted by Crippen LogP contribution is 2.31. The van der Waals surface area contributed by atoms with Gasteiger partial charge in [0.05, 0.1) is 0 Å². The van der Waals surface area contributed by atoms with E-state index in [4.69, 9.17) is 5.73 Å². The van der Waals surface area contributed by atoms with Gasteiger partial charge in [-0.05, 0) is 43.1 Å². The Morgan fingerprint density at radius 3 is 2.48 bits per heavy atom. The number of nitrogen functional groups attached to an aromatic ring is 1. The zero-order valence-electron chi connectivity index (χ0n) is 16.6. The maximum atomic E-state index is 11.6. The minimum atomic E-state index is 0.788. The summed E-state index contributed by atoms with van der Waals surface area (Å²) in [4.78, 5) is 16.6. The average Bonchev–Trinajstić information content (AvgIpc) is 3.18. The Kier molecular flexibility index (Phi) is 6.43. The fraction of sp³-hybridized carbons (Fsp3) is 0.333. The molecule has 0 unspecified atom stereocenters. The first-order valence-electron chi connectivity index (χ1n) is 10.2. The Morgan fingerprint density at radius 2 is 1.72 bits per heavy atom. The molecule has 1 aromatic heterocycles. The number of nitrogens with zero attached hydrogens (tertiary/aromatic N) is 2. The minimum Gasteiger partial charge on any atom is -0.399 e.